The van der Waals surface area contributed by atoms with Crippen LogP contribution in [0.25, 0.3) is 0 Å². The summed E-state index contributed by atoms with van der Waals surface area (Å²) >= 11 is 0. The zero-order chi connectivity index (χ0) is 14.3. The van der Waals surface area contributed by atoms with E-state index in [-0.39, 0.29) is 17.9 Å². The Bertz CT molecular complexity index is 388. The molecule has 0 saturated heterocycles. The molecule has 0 aliphatic rings. The molecule has 0 radical (unpaired) electrons. The van der Waals surface area contributed by atoms with Crippen LogP contribution in [-0.2, 0) is 11.2 Å². The van der Waals surface area contributed by atoms with E-state index in [0.717, 1.165) is 11.3 Å². The molecular formula is C15H24N2O2. The molecule has 19 heavy (non-hydrogen) atoms. The number of benzene rings is 1. The van der Waals surface area contributed by atoms with Crippen molar-refractivity contribution in [2.24, 2.45) is 11.7 Å². The number of hydrogen-bond acceptors (Lipinski definition) is 3. The highest BCUT2D eigenvalue weighted by atomic mass is 16.5. The number of nitrogens with two attached hydrogens (primary N) is 1. The van der Waals surface area contributed by atoms with Crippen molar-refractivity contribution >= 4 is 5.91 Å². The SMILES string of the molecule is CCOc1ccc(CC(CN)C(=O)NC(C)C)cc1. The Morgan fingerprint density at radius 1 is 1.32 bits per heavy atom. The lowest BCUT2D eigenvalue weighted by Gasteiger charge is -2.17. The maximum absolute atomic E-state index is 11.9. The summed E-state index contributed by atoms with van der Waals surface area (Å²) in [6.07, 6.45) is 0.654. The van der Waals surface area contributed by atoms with Crippen LogP contribution in [0, 0.1) is 5.92 Å². The molecule has 0 aromatic heterocycles. The third-order valence-electron chi connectivity index (χ3n) is 2.80. The van der Waals surface area contributed by atoms with Crippen molar-refractivity contribution in [3.63, 3.8) is 0 Å². The number of carbonyl (C=O) groups is 1. The van der Waals surface area contributed by atoms with Gasteiger partial charge in [-0.3, -0.25) is 4.79 Å². The second-order valence-corrected chi connectivity index (χ2v) is 4.88. The quantitative estimate of drug-likeness (QED) is 0.788. The first-order valence-corrected chi connectivity index (χ1v) is 6.79. The van der Waals surface area contributed by atoms with Crippen LogP contribution in [-0.4, -0.2) is 25.1 Å². The van der Waals surface area contributed by atoms with E-state index in [1.807, 2.05) is 45.0 Å². The van der Waals surface area contributed by atoms with Crippen LogP contribution in [0.3, 0.4) is 0 Å². The minimum absolute atomic E-state index is 0.0198. The topological polar surface area (TPSA) is 64.3 Å². The highest BCUT2D eigenvalue weighted by Crippen LogP contribution is 2.15. The first-order chi connectivity index (χ1) is 9.06. The molecular weight excluding hydrogens is 240 g/mol. The van der Waals surface area contributed by atoms with Gasteiger partial charge in [0.25, 0.3) is 0 Å². The minimum atomic E-state index is -0.180. The van der Waals surface area contributed by atoms with Gasteiger partial charge in [0.15, 0.2) is 0 Å². The summed E-state index contributed by atoms with van der Waals surface area (Å²) in [5.74, 6) is 0.689. The Morgan fingerprint density at radius 3 is 2.42 bits per heavy atom. The molecule has 0 bridgehead atoms. The normalized spacial score (nSPS) is 12.3. The number of hydrogen-bond donors (Lipinski definition) is 2. The molecule has 0 aliphatic heterocycles. The molecule has 106 valence electrons. The fraction of sp³-hybridized carbons (Fsp3) is 0.533. The monoisotopic (exact) mass is 264 g/mol. The van der Waals surface area contributed by atoms with Gasteiger partial charge in [-0.15, -0.1) is 0 Å². The number of nitrogens with one attached hydrogen (secondary N) is 1. The van der Waals surface area contributed by atoms with Crippen molar-refractivity contribution in [1.82, 2.24) is 5.32 Å². The van der Waals surface area contributed by atoms with E-state index in [0.29, 0.717) is 19.6 Å². The van der Waals surface area contributed by atoms with E-state index < -0.39 is 0 Å². The molecule has 0 heterocycles. The Hall–Kier alpha value is -1.55. The first kappa shape index (κ1) is 15.5. The molecule has 1 aromatic carbocycles. The summed E-state index contributed by atoms with van der Waals surface area (Å²) in [5.41, 5.74) is 6.78. The molecule has 1 rings (SSSR count). The van der Waals surface area contributed by atoms with Gasteiger partial charge >= 0.3 is 0 Å². The summed E-state index contributed by atoms with van der Waals surface area (Å²) in [6, 6.07) is 7.95. The molecule has 0 saturated carbocycles. The highest BCUT2D eigenvalue weighted by Gasteiger charge is 2.17. The lowest BCUT2D eigenvalue weighted by atomic mass is 9.98. The van der Waals surface area contributed by atoms with Crippen LogP contribution in [0.15, 0.2) is 24.3 Å². The van der Waals surface area contributed by atoms with Crippen LogP contribution in [0.5, 0.6) is 5.75 Å². The average Bonchev–Trinajstić information content (AvgIpc) is 2.37. The van der Waals surface area contributed by atoms with Crippen LogP contribution in [0.4, 0.5) is 0 Å². The summed E-state index contributed by atoms with van der Waals surface area (Å²) in [7, 11) is 0. The third-order valence-corrected chi connectivity index (χ3v) is 2.80. The van der Waals surface area contributed by atoms with Crippen molar-refractivity contribution in [2.75, 3.05) is 13.2 Å². The number of ether oxygens (including phenoxy) is 1. The van der Waals surface area contributed by atoms with E-state index in [1.165, 1.54) is 0 Å². The lowest BCUT2D eigenvalue weighted by Crippen LogP contribution is -2.39. The third kappa shape index (κ3) is 5.30. The van der Waals surface area contributed by atoms with Gasteiger partial charge < -0.3 is 15.8 Å². The van der Waals surface area contributed by atoms with Gasteiger partial charge in [-0.25, -0.2) is 0 Å². The van der Waals surface area contributed by atoms with Crippen molar-refractivity contribution < 1.29 is 9.53 Å². The smallest absolute Gasteiger partial charge is 0.224 e. The predicted molar refractivity (Wildman–Crippen MR) is 77.1 cm³/mol. The second kappa shape index (κ2) is 7.79. The average molecular weight is 264 g/mol. The van der Waals surface area contributed by atoms with E-state index in [9.17, 15) is 4.79 Å². The van der Waals surface area contributed by atoms with Gasteiger partial charge in [0.1, 0.15) is 5.75 Å². The van der Waals surface area contributed by atoms with Gasteiger partial charge in [-0.1, -0.05) is 12.1 Å². The molecule has 1 unspecified atom stereocenters. The predicted octanol–water partition coefficient (Wildman–Crippen LogP) is 1.73. The Morgan fingerprint density at radius 2 is 1.95 bits per heavy atom. The Labute approximate surface area is 115 Å². The standard InChI is InChI=1S/C15H24N2O2/c1-4-19-14-7-5-12(6-8-14)9-13(10-16)15(18)17-11(2)3/h5-8,11,13H,4,9-10,16H2,1-3H3,(H,17,18). The van der Waals surface area contributed by atoms with E-state index in [4.69, 9.17) is 10.5 Å². The number of amides is 1. The van der Waals surface area contributed by atoms with Crippen molar-refractivity contribution in [1.29, 1.82) is 0 Å². The van der Waals surface area contributed by atoms with Gasteiger partial charge in [-0.05, 0) is 44.9 Å². The summed E-state index contributed by atoms with van der Waals surface area (Å²) < 4.78 is 5.39. The van der Waals surface area contributed by atoms with E-state index in [2.05, 4.69) is 5.32 Å². The molecule has 4 nitrogen and oxygen atoms in total. The maximum Gasteiger partial charge on any atom is 0.224 e. The molecule has 1 amide bonds. The van der Waals surface area contributed by atoms with Gasteiger partial charge in [-0.2, -0.15) is 0 Å². The first-order valence-electron chi connectivity index (χ1n) is 6.79. The fourth-order valence-corrected chi connectivity index (χ4v) is 1.86. The number of carbonyl (C=O) groups excluding carboxylic acids is 1. The zero-order valence-corrected chi connectivity index (χ0v) is 12.0. The second-order valence-electron chi connectivity index (χ2n) is 4.88. The molecule has 1 atom stereocenters. The lowest BCUT2D eigenvalue weighted by molar-refractivity contribution is -0.125. The summed E-state index contributed by atoms with van der Waals surface area (Å²) in [6.45, 7) is 6.85. The molecule has 3 N–H and O–H groups in total. The maximum atomic E-state index is 11.9. The summed E-state index contributed by atoms with van der Waals surface area (Å²) in [4.78, 5) is 11.9. The van der Waals surface area contributed by atoms with Crippen LogP contribution >= 0.6 is 0 Å². The fourth-order valence-electron chi connectivity index (χ4n) is 1.86. The zero-order valence-electron chi connectivity index (χ0n) is 12.0. The van der Waals surface area contributed by atoms with Gasteiger partial charge in [0.2, 0.25) is 5.91 Å². The van der Waals surface area contributed by atoms with Crippen LogP contribution in [0.2, 0.25) is 0 Å². The van der Waals surface area contributed by atoms with Crippen LogP contribution < -0.4 is 15.8 Å². The Balaban J connectivity index is 2.62. The van der Waals surface area contributed by atoms with E-state index >= 15 is 0 Å². The Kier molecular flexibility index (Phi) is 6.36. The van der Waals surface area contributed by atoms with Crippen molar-refractivity contribution in [2.45, 2.75) is 33.2 Å². The van der Waals surface area contributed by atoms with Gasteiger partial charge in [0, 0.05) is 12.6 Å². The number of rotatable bonds is 7. The largest absolute Gasteiger partial charge is 0.494 e. The minimum Gasteiger partial charge on any atom is -0.494 e. The van der Waals surface area contributed by atoms with Gasteiger partial charge in [0.05, 0.1) is 12.5 Å². The van der Waals surface area contributed by atoms with Crippen molar-refractivity contribution in [3.8, 4) is 5.75 Å². The summed E-state index contributed by atoms with van der Waals surface area (Å²) in [5, 5.41) is 2.90. The molecule has 0 aliphatic carbocycles. The molecule has 4 heteroatoms. The molecule has 0 fully saturated rings. The molecule has 1 aromatic rings. The van der Waals surface area contributed by atoms with Crippen molar-refractivity contribution in [3.05, 3.63) is 29.8 Å². The van der Waals surface area contributed by atoms with Crippen LogP contribution in [0.1, 0.15) is 26.3 Å². The highest BCUT2D eigenvalue weighted by molar-refractivity contribution is 5.79. The molecule has 0 spiro atoms. The van der Waals surface area contributed by atoms with E-state index in [1.54, 1.807) is 0 Å².